The van der Waals surface area contributed by atoms with E-state index in [1.54, 1.807) is 0 Å². The lowest BCUT2D eigenvalue weighted by Crippen LogP contribution is -2.51. The molecule has 0 aliphatic carbocycles. The normalized spacial score (nSPS) is 21.6. The Kier molecular flexibility index (Phi) is 7.71. The Morgan fingerprint density at radius 3 is 2.52 bits per heavy atom. The Bertz CT molecular complexity index is 1000. The number of benzene rings is 2. The quantitative estimate of drug-likeness (QED) is 0.566. The van der Waals surface area contributed by atoms with Gasteiger partial charge in [-0.2, -0.15) is 0 Å². The first-order valence-electron chi connectivity index (χ1n) is 9.86. The number of hydrogen-bond donors (Lipinski definition) is 3. The summed E-state index contributed by atoms with van der Waals surface area (Å²) >= 11 is 0. The number of aliphatic hydroxyl groups excluding tert-OH is 1. The lowest BCUT2D eigenvalue weighted by molar-refractivity contribution is -0.0891. The van der Waals surface area contributed by atoms with Gasteiger partial charge in [0.2, 0.25) is 10.0 Å². The van der Waals surface area contributed by atoms with Gasteiger partial charge in [-0.1, -0.05) is 6.07 Å². The first-order valence-corrected chi connectivity index (χ1v) is 11.3. The summed E-state index contributed by atoms with van der Waals surface area (Å²) in [5, 5.41) is 12.4. The summed E-state index contributed by atoms with van der Waals surface area (Å²) in [5.41, 5.74) is 0.175. The Labute approximate surface area is 179 Å². The van der Waals surface area contributed by atoms with Gasteiger partial charge in [-0.05, 0) is 61.7 Å². The van der Waals surface area contributed by atoms with Crippen molar-refractivity contribution in [3.8, 4) is 0 Å². The molecular weight excluding hydrogens is 430 g/mol. The van der Waals surface area contributed by atoms with Crippen LogP contribution in [0.15, 0.2) is 53.4 Å². The van der Waals surface area contributed by atoms with Crippen molar-refractivity contribution < 1.29 is 31.8 Å². The van der Waals surface area contributed by atoms with Crippen LogP contribution in [0.4, 0.5) is 8.78 Å². The van der Waals surface area contributed by atoms with Gasteiger partial charge in [0.25, 0.3) is 5.91 Å². The molecule has 1 heterocycles. The minimum atomic E-state index is -3.77. The highest BCUT2D eigenvalue weighted by atomic mass is 32.2. The number of hydrogen-bond acceptors (Lipinski definition) is 5. The van der Waals surface area contributed by atoms with Gasteiger partial charge in [-0.3, -0.25) is 4.79 Å². The lowest BCUT2D eigenvalue weighted by atomic mass is 9.97. The summed E-state index contributed by atoms with van der Waals surface area (Å²) in [6, 6.07) is 9.36. The minimum Gasteiger partial charge on any atom is -0.394 e. The van der Waals surface area contributed by atoms with Crippen LogP contribution in [0.1, 0.15) is 29.6 Å². The Hall–Kier alpha value is -2.40. The highest BCUT2D eigenvalue weighted by Crippen LogP contribution is 2.22. The van der Waals surface area contributed by atoms with Gasteiger partial charge in [-0.15, -0.1) is 0 Å². The number of rotatable bonds is 8. The summed E-state index contributed by atoms with van der Waals surface area (Å²) in [6.45, 7) is -0.227. The standard InChI is InChI=1S/C21H24F2N2O5S/c22-15-4-7-18(8-5-15)31(28,29)24-11-10-17-6-9-19(20(13-26)30-17)25-21(27)14-2-1-3-16(23)12-14/h1-5,7-8,12,17,19-20,24,26H,6,9-11,13H2,(H,25,27)/t17-,19-,20-/m0/s1. The number of amides is 1. The third kappa shape index (κ3) is 6.30. The molecule has 0 saturated carbocycles. The van der Waals surface area contributed by atoms with Crippen molar-refractivity contribution in [3.05, 3.63) is 65.7 Å². The van der Waals surface area contributed by atoms with E-state index in [-0.39, 0.29) is 29.7 Å². The fourth-order valence-corrected chi connectivity index (χ4v) is 4.49. The van der Waals surface area contributed by atoms with Crippen molar-refractivity contribution in [2.45, 2.75) is 42.4 Å². The molecule has 0 bridgehead atoms. The molecule has 0 radical (unpaired) electrons. The number of sulfonamides is 1. The third-order valence-electron chi connectivity index (χ3n) is 5.08. The summed E-state index contributed by atoms with van der Waals surface area (Å²) < 4.78 is 59.1. The maximum absolute atomic E-state index is 13.3. The van der Waals surface area contributed by atoms with Crippen LogP contribution in [-0.2, 0) is 14.8 Å². The van der Waals surface area contributed by atoms with Crippen molar-refractivity contribution in [2.75, 3.05) is 13.2 Å². The van der Waals surface area contributed by atoms with Gasteiger partial charge in [0, 0.05) is 12.1 Å². The molecule has 2 aromatic carbocycles. The van der Waals surface area contributed by atoms with Crippen molar-refractivity contribution >= 4 is 15.9 Å². The van der Waals surface area contributed by atoms with Gasteiger partial charge < -0.3 is 15.2 Å². The highest BCUT2D eigenvalue weighted by Gasteiger charge is 2.32. The van der Waals surface area contributed by atoms with E-state index in [0.29, 0.717) is 19.3 Å². The molecule has 1 amide bonds. The second-order valence-corrected chi connectivity index (χ2v) is 9.05. The van der Waals surface area contributed by atoms with Crippen molar-refractivity contribution in [1.82, 2.24) is 10.0 Å². The average Bonchev–Trinajstić information content (AvgIpc) is 2.74. The number of halogens is 2. The number of carbonyl (C=O) groups excluding carboxylic acids is 1. The largest absolute Gasteiger partial charge is 0.394 e. The number of ether oxygens (including phenoxy) is 1. The van der Waals surface area contributed by atoms with Crippen LogP contribution >= 0.6 is 0 Å². The van der Waals surface area contributed by atoms with Gasteiger partial charge in [0.05, 0.1) is 23.6 Å². The van der Waals surface area contributed by atoms with E-state index in [1.165, 1.54) is 30.3 Å². The first kappa shape index (κ1) is 23.3. The number of aliphatic hydroxyl groups is 1. The van der Waals surface area contributed by atoms with E-state index in [2.05, 4.69) is 10.0 Å². The van der Waals surface area contributed by atoms with Crippen molar-refractivity contribution in [3.63, 3.8) is 0 Å². The number of carbonyl (C=O) groups is 1. The third-order valence-corrected chi connectivity index (χ3v) is 6.56. The molecule has 168 valence electrons. The highest BCUT2D eigenvalue weighted by molar-refractivity contribution is 7.89. The Morgan fingerprint density at radius 1 is 1.10 bits per heavy atom. The van der Waals surface area contributed by atoms with Crippen LogP contribution in [0.3, 0.4) is 0 Å². The first-order chi connectivity index (χ1) is 14.8. The van der Waals surface area contributed by atoms with Crippen LogP contribution in [0, 0.1) is 11.6 Å². The van der Waals surface area contributed by atoms with Gasteiger partial charge in [0.15, 0.2) is 0 Å². The molecule has 1 aliphatic rings. The molecule has 3 rings (SSSR count). The molecule has 0 aromatic heterocycles. The fraction of sp³-hybridized carbons (Fsp3) is 0.381. The van der Waals surface area contributed by atoms with Crippen LogP contribution in [0.2, 0.25) is 0 Å². The summed E-state index contributed by atoms with van der Waals surface area (Å²) in [5.74, 6) is -1.50. The molecule has 1 aliphatic heterocycles. The maximum atomic E-state index is 13.3. The maximum Gasteiger partial charge on any atom is 0.251 e. The van der Waals surface area contributed by atoms with E-state index >= 15 is 0 Å². The average molecular weight is 454 g/mol. The molecule has 10 heteroatoms. The number of nitrogens with one attached hydrogen (secondary N) is 2. The molecule has 2 aromatic rings. The van der Waals surface area contributed by atoms with E-state index in [1.807, 2.05) is 0 Å². The molecule has 3 N–H and O–H groups in total. The SMILES string of the molecule is O=C(N[C@H]1CC[C@@H](CCNS(=O)(=O)c2ccc(F)cc2)O[C@H]1CO)c1cccc(F)c1. The second kappa shape index (κ2) is 10.3. The monoisotopic (exact) mass is 454 g/mol. The van der Waals surface area contributed by atoms with E-state index in [0.717, 1.165) is 18.2 Å². The van der Waals surface area contributed by atoms with Crippen molar-refractivity contribution in [1.29, 1.82) is 0 Å². The minimum absolute atomic E-state index is 0.0353. The van der Waals surface area contributed by atoms with E-state index in [4.69, 9.17) is 4.74 Å². The van der Waals surface area contributed by atoms with Gasteiger partial charge in [0.1, 0.15) is 17.7 Å². The molecule has 7 nitrogen and oxygen atoms in total. The van der Waals surface area contributed by atoms with Gasteiger partial charge in [-0.25, -0.2) is 21.9 Å². The summed E-state index contributed by atoms with van der Waals surface area (Å²) in [6.07, 6.45) is 0.451. The zero-order valence-corrected chi connectivity index (χ0v) is 17.4. The van der Waals surface area contributed by atoms with Crippen LogP contribution in [0.25, 0.3) is 0 Å². The Morgan fingerprint density at radius 2 is 1.84 bits per heavy atom. The van der Waals surface area contributed by atoms with Gasteiger partial charge >= 0.3 is 0 Å². The lowest BCUT2D eigenvalue weighted by Gasteiger charge is -2.36. The fourth-order valence-electron chi connectivity index (χ4n) is 3.44. The zero-order valence-electron chi connectivity index (χ0n) is 16.6. The van der Waals surface area contributed by atoms with Crippen LogP contribution in [-0.4, -0.2) is 50.8 Å². The molecule has 1 saturated heterocycles. The molecule has 0 spiro atoms. The zero-order chi connectivity index (χ0) is 22.4. The van der Waals surface area contributed by atoms with Crippen LogP contribution < -0.4 is 10.0 Å². The Balaban J connectivity index is 1.50. The predicted molar refractivity (Wildman–Crippen MR) is 109 cm³/mol. The van der Waals surface area contributed by atoms with Crippen LogP contribution in [0.5, 0.6) is 0 Å². The van der Waals surface area contributed by atoms with E-state index < -0.39 is 39.7 Å². The summed E-state index contributed by atoms with van der Waals surface area (Å²) in [7, 11) is -3.77. The summed E-state index contributed by atoms with van der Waals surface area (Å²) in [4.78, 5) is 12.3. The molecule has 0 unspecified atom stereocenters. The molecule has 1 fully saturated rings. The van der Waals surface area contributed by atoms with E-state index in [9.17, 15) is 27.1 Å². The topological polar surface area (TPSA) is 105 Å². The molecule has 3 atom stereocenters. The molecular formula is C21H24F2N2O5S. The second-order valence-electron chi connectivity index (χ2n) is 7.29. The molecule has 31 heavy (non-hydrogen) atoms. The smallest absolute Gasteiger partial charge is 0.251 e. The predicted octanol–water partition coefficient (Wildman–Crippen LogP) is 1.97. The van der Waals surface area contributed by atoms with Crippen molar-refractivity contribution in [2.24, 2.45) is 0 Å².